The number of nitrogens with zero attached hydrogens (tertiary/aromatic N) is 3. The lowest BCUT2D eigenvalue weighted by atomic mass is 10.0. The molecule has 3 rings (SSSR count). The van der Waals surface area contributed by atoms with E-state index in [1.54, 1.807) is 4.68 Å². The van der Waals surface area contributed by atoms with E-state index in [9.17, 15) is 4.79 Å². The highest BCUT2D eigenvalue weighted by Crippen LogP contribution is 2.32. The van der Waals surface area contributed by atoms with Crippen molar-refractivity contribution >= 4 is 11.6 Å². The molecule has 1 spiro atoms. The number of likely N-dealkylation sites (tertiary alicyclic amines) is 1. The van der Waals surface area contributed by atoms with E-state index in [-0.39, 0.29) is 5.91 Å². The van der Waals surface area contributed by atoms with E-state index >= 15 is 0 Å². The summed E-state index contributed by atoms with van der Waals surface area (Å²) in [5.74, 6) is -0.522. The highest BCUT2D eigenvalue weighted by Gasteiger charge is 2.41. The maximum absolute atomic E-state index is 12.7. The first-order valence-corrected chi connectivity index (χ1v) is 7.46. The Hall–Kier alpha value is -1.60. The Morgan fingerprint density at radius 2 is 1.95 bits per heavy atom. The number of aromatic nitrogens is 2. The van der Waals surface area contributed by atoms with Crippen LogP contribution < -0.4 is 5.73 Å². The minimum atomic E-state index is -0.469. The van der Waals surface area contributed by atoms with E-state index in [4.69, 9.17) is 15.2 Å². The molecule has 0 saturated carbocycles. The summed E-state index contributed by atoms with van der Waals surface area (Å²) in [7, 11) is 0. The summed E-state index contributed by atoms with van der Waals surface area (Å²) in [6.07, 6.45) is 1.41. The van der Waals surface area contributed by atoms with Crippen LogP contribution in [0.25, 0.3) is 0 Å². The monoisotopic (exact) mass is 294 g/mol. The number of anilines is 1. The van der Waals surface area contributed by atoms with Gasteiger partial charge in [0.2, 0.25) is 0 Å². The standard InChI is InChI=1S/C14H22N4O3/c1-3-18-12(11(15)10(2)16-18)13(19)17-6-4-14(5-7-17)20-8-9-21-14/h3-9,15H2,1-2H3. The quantitative estimate of drug-likeness (QED) is 0.871. The predicted octanol–water partition coefficient (Wildman–Crippen LogP) is 0.773. The molecule has 7 heteroatoms. The molecule has 2 N–H and O–H groups in total. The molecular weight excluding hydrogens is 272 g/mol. The molecule has 7 nitrogen and oxygen atoms in total. The van der Waals surface area contributed by atoms with E-state index in [2.05, 4.69) is 5.10 Å². The van der Waals surface area contributed by atoms with Crippen molar-refractivity contribution in [1.29, 1.82) is 0 Å². The molecule has 2 aliphatic heterocycles. The molecule has 3 heterocycles. The third-order valence-corrected chi connectivity index (χ3v) is 4.30. The fraction of sp³-hybridized carbons (Fsp3) is 0.714. The number of piperidine rings is 1. The fourth-order valence-corrected chi connectivity index (χ4v) is 3.04. The fourth-order valence-electron chi connectivity index (χ4n) is 3.04. The topological polar surface area (TPSA) is 82.6 Å². The van der Waals surface area contributed by atoms with Gasteiger partial charge in [0.15, 0.2) is 5.79 Å². The molecule has 0 aliphatic carbocycles. The zero-order valence-electron chi connectivity index (χ0n) is 12.6. The van der Waals surface area contributed by atoms with Crippen LogP contribution in [0.5, 0.6) is 0 Å². The molecule has 2 saturated heterocycles. The predicted molar refractivity (Wildman–Crippen MR) is 76.8 cm³/mol. The first-order chi connectivity index (χ1) is 10.1. The molecular formula is C14H22N4O3. The number of nitrogen functional groups attached to an aromatic ring is 1. The molecule has 0 radical (unpaired) electrons. The number of carbonyl (C=O) groups excluding carboxylic acids is 1. The minimum Gasteiger partial charge on any atom is -0.395 e. The molecule has 1 aromatic rings. The van der Waals surface area contributed by atoms with E-state index in [1.807, 2.05) is 18.7 Å². The van der Waals surface area contributed by atoms with Gasteiger partial charge in [0.05, 0.1) is 24.6 Å². The molecule has 2 fully saturated rings. The number of aryl methyl sites for hydroxylation is 2. The van der Waals surface area contributed by atoms with Crippen LogP contribution in [0.1, 0.15) is 35.9 Å². The zero-order valence-corrected chi connectivity index (χ0v) is 12.6. The average Bonchev–Trinajstić information content (AvgIpc) is 3.05. The highest BCUT2D eigenvalue weighted by atomic mass is 16.7. The Balaban J connectivity index is 1.75. The van der Waals surface area contributed by atoms with E-state index < -0.39 is 5.79 Å². The van der Waals surface area contributed by atoms with Crippen LogP contribution in [0.15, 0.2) is 0 Å². The molecule has 1 amide bonds. The van der Waals surface area contributed by atoms with Crippen LogP contribution in [-0.4, -0.2) is 52.7 Å². The van der Waals surface area contributed by atoms with Crippen LogP contribution in [0.2, 0.25) is 0 Å². The Labute approximate surface area is 124 Å². The van der Waals surface area contributed by atoms with Gasteiger partial charge in [0.1, 0.15) is 5.69 Å². The third kappa shape index (κ3) is 2.40. The summed E-state index contributed by atoms with van der Waals surface area (Å²) >= 11 is 0. The lowest BCUT2D eigenvalue weighted by molar-refractivity contribution is -0.181. The van der Waals surface area contributed by atoms with Crippen molar-refractivity contribution in [2.24, 2.45) is 0 Å². The molecule has 116 valence electrons. The first kappa shape index (κ1) is 14.3. The Morgan fingerprint density at radius 3 is 2.52 bits per heavy atom. The van der Waals surface area contributed by atoms with Gasteiger partial charge in [-0.1, -0.05) is 0 Å². The van der Waals surface area contributed by atoms with Gasteiger partial charge >= 0.3 is 0 Å². The summed E-state index contributed by atoms with van der Waals surface area (Å²) in [4.78, 5) is 14.5. The van der Waals surface area contributed by atoms with Crippen molar-refractivity contribution in [2.75, 3.05) is 32.0 Å². The summed E-state index contributed by atoms with van der Waals surface area (Å²) in [6.45, 7) is 6.92. The van der Waals surface area contributed by atoms with Crippen LogP contribution in [-0.2, 0) is 16.0 Å². The van der Waals surface area contributed by atoms with Crippen molar-refractivity contribution in [3.05, 3.63) is 11.4 Å². The summed E-state index contributed by atoms with van der Waals surface area (Å²) in [5, 5.41) is 4.31. The van der Waals surface area contributed by atoms with Gasteiger partial charge in [-0.2, -0.15) is 5.10 Å². The minimum absolute atomic E-state index is 0.0530. The molecule has 0 atom stereocenters. The number of ether oxygens (including phenoxy) is 2. The zero-order chi connectivity index (χ0) is 15.0. The van der Waals surface area contributed by atoms with Crippen molar-refractivity contribution in [1.82, 2.24) is 14.7 Å². The molecule has 0 unspecified atom stereocenters. The highest BCUT2D eigenvalue weighted by molar-refractivity contribution is 5.98. The van der Waals surface area contributed by atoms with Gasteiger partial charge in [-0.15, -0.1) is 0 Å². The number of amides is 1. The number of hydrogen-bond donors (Lipinski definition) is 1. The Bertz CT molecular complexity index is 539. The Morgan fingerprint density at radius 1 is 1.33 bits per heavy atom. The summed E-state index contributed by atoms with van der Waals surface area (Å²) < 4.78 is 13.1. The van der Waals surface area contributed by atoms with Gasteiger partial charge in [0, 0.05) is 32.5 Å². The van der Waals surface area contributed by atoms with Crippen molar-refractivity contribution < 1.29 is 14.3 Å². The average molecular weight is 294 g/mol. The number of hydrogen-bond acceptors (Lipinski definition) is 5. The van der Waals surface area contributed by atoms with Gasteiger partial charge in [-0.3, -0.25) is 9.48 Å². The van der Waals surface area contributed by atoms with Crippen LogP contribution >= 0.6 is 0 Å². The van der Waals surface area contributed by atoms with Gasteiger partial charge < -0.3 is 20.1 Å². The normalized spacial score (nSPS) is 21.1. The molecule has 0 bridgehead atoms. The van der Waals surface area contributed by atoms with Gasteiger partial charge in [0.25, 0.3) is 5.91 Å². The second-order valence-corrected chi connectivity index (χ2v) is 5.56. The maximum Gasteiger partial charge on any atom is 0.274 e. The van der Waals surface area contributed by atoms with Crippen molar-refractivity contribution in [3.63, 3.8) is 0 Å². The van der Waals surface area contributed by atoms with Crippen LogP contribution in [0.4, 0.5) is 5.69 Å². The lowest BCUT2D eigenvalue weighted by Crippen LogP contribution is -2.47. The summed E-state index contributed by atoms with van der Waals surface area (Å²) in [6, 6.07) is 0. The second-order valence-electron chi connectivity index (χ2n) is 5.56. The largest absolute Gasteiger partial charge is 0.395 e. The first-order valence-electron chi connectivity index (χ1n) is 7.46. The molecule has 1 aromatic heterocycles. The molecule has 0 aromatic carbocycles. The number of rotatable bonds is 2. The third-order valence-electron chi connectivity index (χ3n) is 4.30. The second kappa shape index (κ2) is 5.31. The summed E-state index contributed by atoms with van der Waals surface area (Å²) in [5.41, 5.74) is 7.71. The molecule has 21 heavy (non-hydrogen) atoms. The van der Waals surface area contributed by atoms with E-state index in [0.29, 0.717) is 62.8 Å². The SMILES string of the molecule is CCn1nc(C)c(N)c1C(=O)N1CCC2(CC1)OCCO2. The van der Waals surface area contributed by atoms with Gasteiger partial charge in [-0.05, 0) is 13.8 Å². The maximum atomic E-state index is 12.7. The number of nitrogens with two attached hydrogens (primary N) is 1. The number of carbonyl (C=O) groups is 1. The van der Waals surface area contributed by atoms with Crippen molar-refractivity contribution in [2.45, 2.75) is 39.0 Å². The van der Waals surface area contributed by atoms with E-state index in [1.165, 1.54) is 0 Å². The van der Waals surface area contributed by atoms with Crippen LogP contribution in [0.3, 0.4) is 0 Å². The lowest BCUT2D eigenvalue weighted by Gasteiger charge is -2.37. The van der Waals surface area contributed by atoms with Gasteiger partial charge in [-0.25, -0.2) is 0 Å². The van der Waals surface area contributed by atoms with Crippen LogP contribution in [0, 0.1) is 6.92 Å². The van der Waals surface area contributed by atoms with E-state index in [0.717, 1.165) is 0 Å². The molecule has 2 aliphatic rings. The Kier molecular flexibility index (Phi) is 3.62. The smallest absolute Gasteiger partial charge is 0.274 e. The van der Waals surface area contributed by atoms with Crippen molar-refractivity contribution in [3.8, 4) is 0 Å².